The number of hydrogen-bond donors (Lipinski definition) is 2. The lowest BCUT2D eigenvalue weighted by Gasteiger charge is -2.12. The molecule has 0 fully saturated rings. The molecular weight excluding hydrogens is 362 g/mol. The summed E-state index contributed by atoms with van der Waals surface area (Å²) in [7, 11) is 1.57. The summed E-state index contributed by atoms with van der Waals surface area (Å²) < 4.78 is 5.30. The number of amides is 1. The Hall–Kier alpha value is -3.05. The number of carbonyl (C=O) groups excluding carboxylic acids is 1. The van der Waals surface area contributed by atoms with E-state index >= 15 is 0 Å². The average Bonchev–Trinajstić information content (AvgIpc) is 2.68. The largest absolute Gasteiger partial charge is 0.495 e. The standard InChI is InChI=1S/C21H20ClN3O2/c1-14-3-8-20(27-2)18(11-14)25-21(26)19-12-17(9-10-23-19)24-13-15-4-6-16(22)7-5-15/h3-12H,13H2,1-2H3,(H,23,24)(H,25,26). The van der Waals surface area contributed by atoms with Gasteiger partial charge in [-0.2, -0.15) is 0 Å². The van der Waals surface area contributed by atoms with Crippen LogP contribution in [0.25, 0.3) is 0 Å². The van der Waals surface area contributed by atoms with Crippen molar-refractivity contribution in [2.45, 2.75) is 13.5 Å². The molecule has 0 unspecified atom stereocenters. The molecule has 6 heteroatoms. The molecule has 138 valence electrons. The van der Waals surface area contributed by atoms with Gasteiger partial charge in [0.1, 0.15) is 11.4 Å². The third-order valence-electron chi connectivity index (χ3n) is 4.01. The predicted molar refractivity (Wildman–Crippen MR) is 109 cm³/mol. The number of carbonyl (C=O) groups is 1. The predicted octanol–water partition coefficient (Wildman–Crippen LogP) is 4.92. The van der Waals surface area contributed by atoms with Crippen LogP contribution in [0.1, 0.15) is 21.6 Å². The summed E-state index contributed by atoms with van der Waals surface area (Å²) in [5.41, 5.74) is 3.86. The maximum atomic E-state index is 12.6. The van der Waals surface area contributed by atoms with Crippen molar-refractivity contribution in [3.63, 3.8) is 0 Å². The number of pyridine rings is 1. The quantitative estimate of drug-likeness (QED) is 0.636. The van der Waals surface area contributed by atoms with E-state index < -0.39 is 0 Å². The zero-order valence-electron chi connectivity index (χ0n) is 15.1. The van der Waals surface area contributed by atoms with Crippen LogP contribution in [0.3, 0.4) is 0 Å². The lowest BCUT2D eigenvalue weighted by Crippen LogP contribution is -2.15. The summed E-state index contributed by atoms with van der Waals surface area (Å²) in [6.07, 6.45) is 1.60. The smallest absolute Gasteiger partial charge is 0.274 e. The first-order valence-corrected chi connectivity index (χ1v) is 8.83. The van der Waals surface area contributed by atoms with Gasteiger partial charge in [-0.25, -0.2) is 0 Å². The van der Waals surface area contributed by atoms with Crippen molar-refractivity contribution < 1.29 is 9.53 Å². The lowest BCUT2D eigenvalue weighted by atomic mass is 10.2. The summed E-state index contributed by atoms with van der Waals surface area (Å²) in [6.45, 7) is 2.57. The molecule has 27 heavy (non-hydrogen) atoms. The zero-order valence-corrected chi connectivity index (χ0v) is 15.9. The van der Waals surface area contributed by atoms with E-state index in [2.05, 4.69) is 15.6 Å². The van der Waals surface area contributed by atoms with Crippen LogP contribution in [-0.2, 0) is 6.54 Å². The molecule has 3 aromatic rings. The lowest BCUT2D eigenvalue weighted by molar-refractivity contribution is 0.102. The van der Waals surface area contributed by atoms with Gasteiger partial charge in [-0.05, 0) is 54.4 Å². The Morgan fingerprint density at radius 2 is 1.89 bits per heavy atom. The van der Waals surface area contributed by atoms with Crippen molar-refractivity contribution in [2.75, 3.05) is 17.7 Å². The molecule has 0 atom stereocenters. The second kappa shape index (κ2) is 8.56. The van der Waals surface area contributed by atoms with Gasteiger partial charge in [0.05, 0.1) is 12.8 Å². The minimum Gasteiger partial charge on any atom is -0.495 e. The summed E-state index contributed by atoms with van der Waals surface area (Å²) >= 11 is 5.90. The van der Waals surface area contributed by atoms with Crippen LogP contribution in [0, 0.1) is 6.92 Å². The van der Waals surface area contributed by atoms with Gasteiger partial charge in [0.25, 0.3) is 5.91 Å². The Kier molecular flexibility index (Phi) is 5.94. The molecule has 0 bridgehead atoms. The Morgan fingerprint density at radius 1 is 1.11 bits per heavy atom. The third-order valence-corrected chi connectivity index (χ3v) is 4.26. The second-order valence-corrected chi connectivity index (χ2v) is 6.50. The van der Waals surface area contributed by atoms with Crippen LogP contribution in [0.15, 0.2) is 60.8 Å². The monoisotopic (exact) mass is 381 g/mol. The maximum Gasteiger partial charge on any atom is 0.274 e. The maximum absolute atomic E-state index is 12.6. The fourth-order valence-corrected chi connectivity index (χ4v) is 2.70. The summed E-state index contributed by atoms with van der Waals surface area (Å²) in [4.78, 5) is 16.8. The van der Waals surface area contributed by atoms with Crippen molar-refractivity contribution >= 4 is 28.9 Å². The molecule has 0 aliphatic rings. The number of aryl methyl sites for hydroxylation is 1. The number of aromatic nitrogens is 1. The van der Waals surface area contributed by atoms with Crippen molar-refractivity contribution in [3.05, 3.63) is 82.6 Å². The fraction of sp³-hybridized carbons (Fsp3) is 0.143. The molecule has 3 rings (SSSR count). The van der Waals surface area contributed by atoms with E-state index in [0.717, 1.165) is 16.8 Å². The molecule has 0 saturated heterocycles. The second-order valence-electron chi connectivity index (χ2n) is 6.07. The van der Waals surface area contributed by atoms with E-state index in [9.17, 15) is 4.79 Å². The fourth-order valence-electron chi connectivity index (χ4n) is 2.58. The minimum absolute atomic E-state index is 0.297. The molecule has 0 radical (unpaired) electrons. The number of ether oxygens (including phenoxy) is 1. The minimum atomic E-state index is -0.297. The van der Waals surface area contributed by atoms with Gasteiger partial charge < -0.3 is 15.4 Å². The van der Waals surface area contributed by atoms with Crippen molar-refractivity contribution in [3.8, 4) is 5.75 Å². The van der Waals surface area contributed by atoms with Crippen LogP contribution in [0.5, 0.6) is 5.75 Å². The number of halogens is 1. The van der Waals surface area contributed by atoms with E-state index in [1.54, 1.807) is 19.4 Å². The van der Waals surface area contributed by atoms with E-state index in [-0.39, 0.29) is 5.91 Å². The van der Waals surface area contributed by atoms with Crippen LogP contribution in [0.4, 0.5) is 11.4 Å². The number of rotatable bonds is 6. The molecule has 0 aliphatic heterocycles. The molecule has 0 aliphatic carbocycles. The Balaban J connectivity index is 1.70. The first kappa shape index (κ1) is 18.7. The molecule has 1 aromatic heterocycles. The molecule has 5 nitrogen and oxygen atoms in total. The first-order valence-electron chi connectivity index (χ1n) is 8.45. The number of nitrogens with one attached hydrogen (secondary N) is 2. The average molecular weight is 382 g/mol. The van der Waals surface area contributed by atoms with Crippen LogP contribution in [0.2, 0.25) is 5.02 Å². The highest BCUT2D eigenvalue weighted by Gasteiger charge is 2.12. The van der Waals surface area contributed by atoms with E-state index in [1.165, 1.54) is 0 Å². The van der Waals surface area contributed by atoms with E-state index in [1.807, 2.05) is 55.5 Å². The molecule has 2 N–H and O–H groups in total. The van der Waals surface area contributed by atoms with Gasteiger partial charge in [0.15, 0.2) is 0 Å². The molecule has 1 amide bonds. The molecular formula is C21H20ClN3O2. The van der Waals surface area contributed by atoms with Crippen LogP contribution in [-0.4, -0.2) is 18.0 Å². The number of anilines is 2. The van der Waals surface area contributed by atoms with Gasteiger partial charge in [-0.15, -0.1) is 0 Å². The third kappa shape index (κ3) is 4.99. The summed E-state index contributed by atoms with van der Waals surface area (Å²) in [5.74, 6) is 0.306. The van der Waals surface area contributed by atoms with Crippen LogP contribution >= 0.6 is 11.6 Å². The number of nitrogens with zero attached hydrogens (tertiary/aromatic N) is 1. The van der Waals surface area contributed by atoms with Gasteiger partial charge >= 0.3 is 0 Å². The zero-order chi connectivity index (χ0) is 19.2. The SMILES string of the molecule is COc1ccc(C)cc1NC(=O)c1cc(NCc2ccc(Cl)cc2)ccn1. The molecule has 0 saturated carbocycles. The first-order chi connectivity index (χ1) is 13.0. The highest BCUT2D eigenvalue weighted by molar-refractivity contribution is 6.30. The Bertz CT molecular complexity index is 942. The topological polar surface area (TPSA) is 63.2 Å². The summed E-state index contributed by atoms with van der Waals surface area (Å²) in [6, 6.07) is 16.7. The number of hydrogen-bond acceptors (Lipinski definition) is 4. The van der Waals surface area contributed by atoms with Crippen LogP contribution < -0.4 is 15.4 Å². The normalized spacial score (nSPS) is 10.3. The highest BCUT2D eigenvalue weighted by Crippen LogP contribution is 2.25. The number of benzene rings is 2. The van der Waals surface area contributed by atoms with Gasteiger partial charge in [-0.1, -0.05) is 29.8 Å². The highest BCUT2D eigenvalue weighted by atomic mass is 35.5. The Morgan fingerprint density at radius 3 is 2.63 bits per heavy atom. The van der Waals surface area contributed by atoms with Crippen molar-refractivity contribution in [1.82, 2.24) is 4.98 Å². The van der Waals surface area contributed by atoms with Gasteiger partial charge in [-0.3, -0.25) is 9.78 Å². The van der Waals surface area contributed by atoms with E-state index in [4.69, 9.17) is 16.3 Å². The van der Waals surface area contributed by atoms with Crippen molar-refractivity contribution in [1.29, 1.82) is 0 Å². The molecule has 0 spiro atoms. The van der Waals surface area contributed by atoms with Gasteiger partial charge in [0, 0.05) is 23.5 Å². The molecule has 1 heterocycles. The summed E-state index contributed by atoms with van der Waals surface area (Å²) in [5, 5.41) is 6.84. The Labute approximate surface area is 163 Å². The number of methoxy groups -OCH3 is 1. The van der Waals surface area contributed by atoms with Gasteiger partial charge in [0.2, 0.25) is 0 Å². The van der Waals surface area contributed by atoms with Crippen molar-refractivity contribution in [2.24, 2.45) is 0 Å². The van der Waals surface area contributed by atoms with E-state index in [0.29, 0.717) is 28.7 Å². The molecule has 2 aromatic carbocycles.